The van der Waals surface area contributed by atoms with Crippen LogP contribution < -0.4 is 15.4 Å². The van der Waals surface area contributed by atoms with Gasteiger partial charge >= 0.3 is 12.2 Å². The lowest BCUT2D eigenvalue weighted by molar-refractivity contribution is -0.164. The first-order valence-electron chi connectivity index (χ1n) is 17.6. The molecule has 0 radical (unpaired) electrons. The van der Waals surface area contributed by atoms with Crippen molar-refractivity contribution < 1.29 is 33.4 Å². The number of imide groups is 1. The van der Waals surface area contributed by atoms with Gasteiger partial charge in [-0.25, -0.2) is 9.59 Å². The number of nitrogens with zero attached hydrogens (tertiary/aromatic N) is 2. The predicted octanol–water partition coefficient (Wildman–Crippen LogP) is 7.27. The zero-order valence-electron chi connectivity index (χ0n) is 29.5. The quantitative estimate of drug-likeness (QED) is 0.0564. The minimum atomic E-state index is -0.818. The molecule has 6 rings (SSSR count). The van der Waals surface area contributed by atoms with Gasteiger partial charge in [0.05, 0.1) is 12.0 Å². The number of guanidine groups is 1. The Bertz CT molecular complexity index is 2050. The SMILES string of the molecule is O=C(NC(=NCCC[C@H]1C(=O)N(C(=O)COc2ccc3ccccc3c2)[C@H]1C=Cc1ccccc1)NC(=O)OCc1ccccc1)OCc1ccccc1. The van der Waals surface area contributed by atoms with Gasteiger partial charge in [0.2, 0.25) is 11.9 Å². The van der Waals surface area contributed by atoms with E-state index in [9.17, 15) is 19.2 Å². The number of ether oxygens (including phenoxy) is 3. The largest absolute Gasteiger partial charge is 0.484 e. The molecule has 11 nitrogen and oxygen atoms in total. The van der Waals surface area contributed by atoms with Gasteiger partial charge in [0, 0.05) is 6.54 Å². The zero-order valence-corrected chi connectivity index (χ0v) is 29.5. The molecule has 0 saturated carbocycles. The van der Waals surface area contributed by atoms with Crippen LogP contribution in [0.25, 0.3) is 16.8 Å². The number of hydrogen-bond donors (Lipinski definition) is 2. The second-order valence-corrected chi connectivity index (χ2v) is 12.5. The smallest absolute Gasteiger partial charge is 0.414 e. The highest BCUT2D eigenvalue weighted by atomic mass is 16.6. The number of benzene rings is 5. The number of aliphatic imine (C=N–C) groups is 1. The molecular formula is C43H40N4O7. The molecule has 5 aromatic rings. The number of carbonyl (C=O) groups excluding carboxylic acids is 4. The molecular weight excluding hydrogens is 684 g/mol. The number of fused-ring (bicyclic) bond motifs is 1. The van der Waals surface area contributed by atoms with Crippen LogP contribution in [-0.2, 0) is 32.3 Å². The van der Waals surface area contributed by atoms with Gasteiger partial charge < -0.3 is 14.2 Å². The molecule has 2 atom stereocenters. The van der Waals surface area contributed by atoms with Gasteiger partial charge in [-0.05, 0) is 52.4 Å². The summed E-state index contributed by atoms with van der Waals surface area (Å²) in [6, 6.07) is 40.9. The van der Waals surface area contributed by atoms with E-state index in [1.165, 1.54) is 4.90 Å². The molecule has 274 valence electrons. The van der Waals surface area contributed by atoms with Crippen molar-refractivity contribution in [3.05, 3.63) is 156 Å². The summed E-state index contributed by atoms with van der Waals surface area (Å²) < 4.78 is 16.4. The Hall–Kier alpha value is -6.75. The second-order valence-electron chi connectivity index (χ2n) is 12.5. The first-order chi connectivity index (χ1) is 26.4. The number of likely N-dealkylation sites (tertiary alicyclic amines) is 1. The molecule has 1 saturated heterocycles. The minimum absolute atomic E-state index is 0.0165. The maximum atomic E-state index is 13.4. The van der Waals surface area contributed by atoms with Crippen LogP contribution in [0.1, 0.15) is 29.5 Å². The van der Waals surface area contributed by atoms with Crippen LogP contribution in [0.4, 0.5) is 9.59 Å². The molecule has 0 aromatic heterocycles. The molecule has 0 bridgehead atoms. The third kappa shape index (κ3) is 10.4. The van der Waals surface area contributed by atoms with E-state index in [-0.39, 0.29) is 38.2 Å². The highest BCUT2D eigenvalue weighted by Gasteiger charge is 2.48. The molecule has 0 unspecified atom stereocenters. The van der Waals surface area contributed by atoms with Gasteiger partial charge in [-0.15, -0.1) is 0 Å². The van der Waals surface area contributed by atoms with Gasteiger partial charge in [-0.3, -0.25) is 30.1 Å². The van der Waals surface area contributed by atoms with E-state index >= 15 is 0 Å². The molecule has 11 heteroatoms. The van der Waals surface area contributed by atoms with Crippen molar-refractivity contribution in [2.75, 3.05) is 13.2 Å². The molecule has 0 aliphatic carbocycles. The van der Waals surface area contributed by atoms with Crippen LogP contribution >= 0.6 is 0 Å². The van der Waals surface area contributed by atoms with Gasteiger partial charge in [-0.2, -0.15) is 0 Å². The molecule has 1 fully saturated rings. The first-order valence-corrected chi connectivity index (χ1v) is 17.6. The summed E-state index contributed by atoms with van der Waals surface area (Å²) in [5.41, 5.74) is 2.51. The van der Waals surface area contributed by atoms with Crippen molar-refractivity contribution in [3.63, 3.8) is 0 Å². The van der Waals surface area contributed by atoms with Crippen molar-refractivity contribution in [3.8, 4) is 5.75 Å². The lowest BCUT2D eigenvalue weighted by Crippen LogP contribution is -2.63. The summed E-state index contributed by atoms with van der Waals surface area (Å²) in [6.45, 7) is -0.116. The number of carbonyl (C=O) groups is 4. The van der Waals surface area contributed by atoms with E-state index < -0.39 is 30.1 Å². The van der Waals surface area contributed by atoms with Crippen LogP contribution in [0.5, 0.6) is 5.75 Å². The van der Waals surface area contributed by atoms with E-state index in [4.69, 9.17) is 14.2 Å². The summed E-state index contributed by atoms with van der Waals surface area (Å²) in [7, 11) is 0. The fourth-order valence-electron chi connectivity index (χ4n) is 5.94. The Morgan fingerprint density at radius 1 is 0.704 bits per heavy atom. The Balaban J connectivity index is 1.08. The lowest BCUT2D eigenvalue weighted by Gasteiger charge is -2.44. The summed E-state index contributed by atoms with van der Waals surface area (Å²) >= 11 is 0. The summed E-state index contributed by atoms with van der Waals surface area (Å²) in [5.74, 6) is -0.857. The summed E-state index contributed by atoms with van der Waals surface area (Å²) in [4.78, 5) is 57.8. The minimum Gasteiger partial charge on any atom is -0.484 e. The van der Waals surface area contributed by atoms with Crippen LogP contribution in [-0.4, -0.2) is 54.1 Å². The topological polar surface area (TPSA) is 136 Å². The molecule has 5 aromatic carbocycles. The maximum absolute atomic E-state index is 13.4. The number of alkyl carbamates (subject to hydrolysis) is 2. The Morgan fingerprint density at radius 3 is 1.91 bits per heavy atom. The van der Waals surface area contributed by atoms with E-state index in [2.05, 4.69) is 15.6 Å². The Labute approximate surface area is 313 Å². The molecule has 1 aliphatic heterocycles. The van der Waals surface area contributed by atoms with E-state index in [1.807, 2.05) is 140 Å². The maximum Gasteiger partial charge on any atom is 0.414 e. The second kappa shape index (κ2) is 18.7. The normalized spacial score (nSPS) is 14.9. The number of rotatable bonds is 13. The van der Waals surface area contributed by atoms with Crippen LogP contribution in [0.2, 0.25) is 0 Å². The van der Waals surface area contributed by atoms with Crippen LogP contribution in [0.3, 0.4) is 0 Å². The fourth-order valence-corrected chi connectivity index (χ4v) is 5.94. The Morgan fingerprint density at radius 2 is 1.28 bits per heavy atom. The van der Waals surface area contributed by atoms with Crippen LogP contribution in [0, 0.1) is 5.92 Å². The van der Waals surface area contributed by atoms with E-state index in [1.54, 1.807) is 6.07 Å². The van der Waals surface area contributed by atoms with Crippen molar-refractivity contribution >= 4 is 46.8 Å². The molecule has 1 aliphatic rings. The Kier molecular flexibility index (Phi) is 12.8. The average Bonchev–Trinajstić information content (AvgIpc) is 3.20. The first kappa shape index (κ1) is 37.0. The highest BCUT2D eigenvalue weighted by Crippen LogP contribution is 2.33. The monoisotopic (exact) mass is 724 g/mol. The van der Waals surface area contributed by atoms with Gasteiger partial charge in [0.15, 0.2) is 6.61 Å². The zero-order chi connectivity index (χ0) is 37.5. The van der Waals surface area contributed by atoms with Gasteiger partial charge in [0.25, 0.3) is 5.91 Å². The summed E-state index contributed by atoms with van der Waals surface area (Å²) in [6.07, 6.45) is 2.92. The molecule has 0 spiro atoms. The summed E-state index contributed by atoms with van der Waals surface area (Å²) in [5, 5.41) is 6.99. The number of nitrogens with one attached hydrogen (secondary N) is 2. The predicted molar refractivity (Wildman–Crippen MR) is 205 cm³/mol. The third-order valence-corrected chi connectivity index (χ3v) is 8.71. The number of amides is 4. The molecule has 1 heterocycles. The average molecular weight is 725 g/mol. The molecule has 2 N–H and O–H groups in total. The molecule has 4 amide bonds. The van der Waals surface area contributed by atoms with E-state index in [0.717, 1.165) is 27.5 Å². The lowest BCUT2D eigenvalue weighted by atomic mass is 9.83. The third-order valence-electron chi connectivity index (χ3n) is 8.71. The number of hydrogen-bond acceptors (Lipinski definition) is 8. The van der Waals surface area contributed by atoms with Crippen LogP contribution in [0.15, 0.2) is 145 Å². The van der Waals surface area contributed by atoms with Crippen molar-refractivity contribution in [2.45, 2.75) is 32.1 Å². The van der Waals surface area contributed by atoms with E-state index in [0.29, 0.717) is 18.6 Å². The highest BCUT2D eigenvalue weighted by molar-refractivity contribution is 6.03. The van der Waals surface area contributed by atoms with Crippen molar-refractivity contribution in [1.82, 2.24) is 15.5 Å². The van der Waals surface area contributed by atoms with Crippen molar-refractivity contribution in [1.29, 1.82) is 0 Å². The van der Waals surface area contributed by atoms with Crippen molar-refractivity contribution in [2.24, 2.45) is 10.9 Å². The molecule has 54 heavy (non-hydrogen) atoms. The van der Waals surface area contributed by atoms with Gasteiger partial charge in [-0.1, -0.05) is 133 Å². The number of β-lactam (4-membered cyclic amide) rings is 1. The van der Waals surface area contributed by atoms with Gasteiger partial charge in [0.1, 0.15) is 19.0 Å². The fraction of sp³-hybridized carbons (Fsp3) is 0.186. The standard InChI is InChI=1S/C43H40N4O7/c48-39(30-52-36-24-23-34-19-10-11-20-35(34)27-36)47-38(25-22-31-13-4-1-5-14-31)37(40(47)49)21-12-26-44-41(45-42(50)53-28-32-15-6-2-7-16-32)46-43(51)54-29-33-17-8-3-9-18-33/h1-11,13-20,22-25,27,37-38H,12,21,26,28-30H2,(H2,44,45,46,50,51)/t37-,38+/m1/s1.